The zero-order chi connectivity index (χ0) is 14.4. The van der Waals surface area contributed by atoms with Crippen LogP contribution in [0.4, 0.5) is 0 Å². The van der Waals surface area contributed by atoms with Crippen molar-refractivity contribution in [2.24, 2.45) is 0 Å². The molecule has 1 aromatic heterocycles. The van der Waals surface area contributed by atoms with Gasteiger partial charge in [-0.3, -0.25) is 0 Å². The van der Waals surface area contributed by atoms with Gasteiger partial charge in [-0.1, -0.05) is 61.2 Å². The summed E-state index contributed by atoms with van der Waals surface area (Å²) < 4.78 is 0.877. The first-order chi connectivity index (χ1) is 9.76. The Hall–Kier alpha value is -2.00. The van der Waals surface area contributed by atoms with Crippen molar-refractivity contribution >= 4 is 21.5 Å². The Morgan fingerprint density at radius 3 is 2.65 bits per heavy atom. The summed E-state index contributed by atoms with van der Waals surface area (Å²) in [6.07, 6.45) is 9.39. The van der Waals surface area contributed by atoms with E-state index in [0.29, 0.717) is 5.82 Å². The van der Waals surface area contributed by atoms with Crippen molar-refractivity contribution in [3.63, 3.8) is 0 Å². The third-order valence-electron chi connectivity index (χ3n) is 2.74. The fraction of sp³-hybridized carbons (Fsp3) is 0.0588. The van der Waals surface area contributed by atoms with E-state index in [1.54, 1.807) is 12.3 Å². The summed E-state index contributed by atoms with van der Waals surface area (Å²) in [6, 6.07) is 10.0. The average molecular weight is 327 g/mol. The minimum absolute atomic E-state index is 0.667. The van der Waals surface area contributed by atoms with E-state index in [1.807, 2.05) is 55.5 Å². The van der Waals surface area contributed by atoms with Crippen LogP contribution in [-0.4, -0.2) is 9.97 Å². The third kappa shape index (κ3) is 3.31. The summed E-state index contributed by atoms with van der Waals surface area (Å²) in [5.41, 5.74) is 2.83. The lowest BCUT2D eigenvalue weighted by molar-refractivity contribution is 1.11. The molecule has 2 nitrogen and oxygen atoms in total. The normalized spacial score (nSPS) is 11.8. The van der Waals surface area contributed by atoms with Crippen molar-refractivity contribution in [3.05, 3.63) is 77.7 Å². The first-order valence-corrected chi connectivity index (χ1v) is 7.09. The van der Waals surface area contributed by atoms with E-state index in [-0.39, 0.29) is 0 Å². The molecule has 0 saturated heterocycles. The van der Waals surface area contributed by atoms with Crippen LogP contribution in [0, 0.1) is 0 Å². The molecular formula is C17H15BrN2. The van der Waals surface area contributed by atoms with Gasteiger partial charge < -0.3 is 0 Å². The van der Waals surface area contributed by atoms with Crippen molar-refractivity contribution < 1.29 is 0 Å². The molecule has 100 valence electrons. The topological polar surface area (TPSA) is 25.8 Å². The number of aromatic nitrogens is 2. The number of rotatable bonds is 4. The Kier molecular flexibility index (Phi) is 5.02. The van der Waals surface area contributed by atoms with Gasteiger partial charge in [0.05, 0.1) is 10.2 Å². The zero-order valence-electron chi connectivity index (χ0n) is 11.3. The minimum Gasteiger partial charge on any atom is -0.235 e. The molecule has 20 heavy (non-hydrogen) atoms. The van der Waals surface area contributed by atoms with E-state index in [4.69, 9.17) is 0 Å². The molecule has 1 heterocycles. The quantitative estimate of drug-likeness (QED) is 0.734. The molecule has 0 saturated carbocycles. The van der Waals surface area contributed by atoms with Gasteiger partial charge in [-0.25, -0.2) is 9.97 Å². The molecule has 0 N–H and O–H groups in total. The molecule has 0 radical (unpaired) electrons. The molecule has 0 aliphatic rings. The highest BCUT2D eigenvalue weighted by atomic mass is 79.9. The van der Waals surface area contributed by atoms with Crippen molar-refractivity contribution in [1.82, 2.24) is 9.97 Å². The van der Waals surface area contributed by atoms with Gasteiger partial charge in [0.2, 0.25) is 0 Å². The molecule has 0 fully saturated rings. The summed E-state index contributed by atoms with van der Waals surface area (Å²) >= 11 is 3.51. The summed E-state index contributed by atoms with van der Waals surface area (Å²) in [4.78, 5) is 8.99. The SMILES string of the molecule is C=C/C(=C\C=C/C)c1ncc(Br)c(-c2ccccc2)n1. The predicted octanol–water partition coefficient (Wildman–Crippen LogP) is 5.05. The van der Waals surface area contributed by atoms with Crippen LogP contribution in [0.25, 0.3) is 16.8 Å². The number of hydrogen-bond acceptors (Lipinski definition) is 2. The molecule has 0 amide bonds. The van der Waals surface area contributed by atoms with Gasteiger partial charge in [0.1, 0.15) is 0 Å². The van der Waals surface area contributed by atoms with Crippen LogP contribution in [0.2, 0.25) is 0 Å². The number of hydrogen-bond donors (Lipinski definition) is 0. The average Bonchev–Trinajstić information content (AvgIpc) is 2.50. The number of halogens is 1. The summed E-state index contributed by atoms with van der Waals surface area (Å²) in [7, 11) is 0. The molecule has 0 aliphatic heterocycles. The second-order valence-electron chi connectivity index (χ2n) is 4.11. The van der Waals surface area contributed by atoms with E-state index >= 15 is 0 Å². The van der Waals surface area contributed by atoms with Crippen LogP contribution in [-0.2, 0) is 0 Å². The highest BCUT2D eigenvalue weighted by molar-refractivity contribution is 9.10. The van der Waals surface area contributed by atoms with Crippen molar-refractivity contribution in [2.45, 2.75) is 6.92 Å². The van der Waals surface area contributed by atoms with Crippen molar-refractivity contribution in [3.8, 4) is 11.3 Å². The van der Waals surface area contributed by atoms with Gasteiger partial charge in [0, 0.05) is 17.3 Å². The third-order valence-corrected chi connectivity index (χ3v) is 3.32. The molecule has 2 aromatic rings. The van der Waals surface area contributed by atoms with E-state index in [2.05, 4.69) is 32.5 Å². The molecule has 0 atom stereocenters. The van der Waals surface area contributed by atoms with Gasteiger partial charge >= 0.3 is 0 Å². The lowest BCUT2D eigenvalue weighted by atomic mass is 10.1. The van der Waals surface area contributed by atoms with Crippen LogP contribution < -0.4 is 0 Å². The lowest BCUT2D eigenvalue weighted by Gasteiger charge is -2.06. The van der Waals surface area contributed by atoms with Crippen LogP contribution >= 0.6 is 15.9 Å². The molecule has 0 bridgehead atoms. The second kappa shape index (κ2) is 6.96. The standard InChI is InChI=1S/C17H15BrN2/c1-3-5-9-13(4-2)17-19-12-15(18)16(20-17)14-10-7-6-8-11-14/h3-12H,2H2,1H3/b5-3-,13-9+. The minimum atomic E-state index is 0.667. The van der Waals surface area contributed by atoms with Crippen LogP contribution in [0.15, 0.2) is 71.9 Å². The first-order valence-electron chi connectivity index (χ1n) is 6.30. The van der Waals surface area contributed by atoms with Gasteiger partial charge in [0.25, 0.3) is 0 Å². The molecule has 1 aromatic carbocycles. The Bertz CT molecular complexity index is 658. The van der Waals surface area contributed by atoms with Crippen molar-refractivity contribution in [2.75, 3.05) is 0 Å². The maximum atomic E-state index is 4.64. The highest BCUT2D eigenvalue weighted by Gasteiger charge is 2.08. The molecule has 0 aliphatic carbocycles. The number of allylic oxidation sites excluding steroid dienone is 5. The predicted molar refractivity (Wildman–Crippen MR) is 88.2 cm³/mol. The summed E-state index contributed by atoms with van der Waals surface area (Å²) in [6.45, 7) is 5.79. The first kappa shape index (κ1) is 14.4. The zero-order valence-corrected chi connectivity index (χ0v) is 12.8. The van der Waals surface area contributed by atoms with Gasteiger partial charge in [-0.2, -0.15) is 0 Å². The fourth-order valence-electron chi connectivity index (χ4n) is 1.74. The second-order valence-corrected chi connectivity index (χ2v) is 4.96. The Labute approximate surface area is 127 Å². The van der Waals surface area contributed by atoms with Gasteiger partial charge in [-0.05, 0) is 22.9 Å². The highest BCUT2D eigenvalue weighted by Crippen LogP contribution is 2.26. The molecule has 0 unspecified atom stereocenters. The number of nitrogens with zero attached hydrogens (tertiary/aromatic N) is 2. The molecule has 2 rings (SSSR count). The monoisotopic (exact) mass is 326 g/mol. The molecule has 0 spiro atoms. The lowest BCUT2D eigenvalue weighted by Crippen LogP contribution is -1.96. The van der Waals surface area contributed by atoms with Crippen molar-refractivity contribution in [1.29, 1.82) is 0 Å². The summed E-state index contributed by atoms with van der Waals surface area (Å²) in [5, 5.41) is 0. The smallest absolute Gasteiger partial charge is 0.159 e. The molecular weight excluding hydrogens is 312 g/mol. The maximum absolute atomic E-state index is 4.64. The van der Waals surface area contributed by atoms with Gasteiger partial charge in [0.15, 0.2) is 5.82 Å². The fourth-order valence-corrected chi connectivity index (χ4v) is 2.16. The Morgan fingerprint density at radius 1 is 1.25 bits per heavy atom. The van der Waals surface area contributed by atoms with E-state index in [1.165, 1.54) is 0 Å². The van der Waals surface area contributed by atoms with E-state index in [0.717, 1.165) is 21.3 Å². The van der Waals surface area contributed by atoms with Crippen LogP contribution in [0.3, 0.4) is 0 Å². The Morgan fingerprint density at radius 2 is 2.00 bits per heavy atom. The molecule has 3 heteroatoms. The summed E-state index contributed by atoms with van der Waals surface area (Å²) in [5.74, 6) is 0.667. The van der Waals surface area contributed by atoms with Crippen LogP contribution in [0.5, 0.6) is 0 Å². The Balaban J connectivity index is 2.51. The van der Waals surface area contributed by atoms with Gasteiger partial charge in [-0.15, -0.1) is 0 Å². The van der Waals surface area contributed by atoms with E-state index < -0.39 is 0 Å². The van der Waals surface area contributed by atoms with E-state index in [9.17, 15) is 0 Å². The van der Waals surface area contributed by atoms with Crippen LogP contribution in [0.1, 0.15) is 12.7 Å². The maximum Gasteiger partial charge on any atom is 0.159 e. The number of benzene rings is 1. The largest absolute Gasteiger partial charge is 0.235 e.